The summed E-state index contributed by atoms with van der Waals surface area (Å²) < 4.78 is 5.63. The van der Waals surface area contributed by atoms with Gasteiger partial charge < -0.3 is 10.1 Å². The monoisotopic (exact) mass is 337 g/mol. The van der Waals surface area contributed by atoms with Gasteiger partial charge in [0.25, 0.3) is 0 Å². The van der Waals surface area contributed by atoms with Crippen LogP contribution in [0.15, 0.2) is 54.6 Å². The van der Waals surface area contributed by atoms with Crippen molar-refractivity contribution in [1.29, 1.82) is 0 Å². The van der Waals surface area contributed by atoms with Gasteiger partial charge in [-0.25, -0.2) is 0 Å². The van der Waals surface area contributed by atoms with E-state index in [0.717, 1.165) is 24.2 Å². The van der Waals surface area contributed by atoms with Crippen LogP contribution in [0.2, 0.25) is 0 Å². The summed E-state index contributed by atoms with van der Waals surface area (Å²) in [6.07, 6.45) is 5.46. The molecule has 2 aromatic rings. The van der Waals surface area contributed by atoms with Gasteiger partial charge in [0.05, 0.1) is 6.10 Å². The fourth-order valence-electron chi connectivity index (χ4n) is 2.42. The lowest BCUT2D eigenvalue weighted by molar-refractivity contribution is -0.116. The number of benzene rings is 2. The molecule has 132 valence electrons. The quantitative estimate of drug-likeness (QED) is 0.567. The second-order valence-electron chi connectivity index (χ2n) is 6.45. The van der Waals surface area contributed by atoms with Crippen molar-refractivity contribution in [2.45, 2.75) is 39.7 Å². The molecule has 2 rings (SSSR count). The van der Waals surface area contributed by atoms with Crippen LogP contribution in [0.5, 0.6) is 5.75 Å². The van der Waals surface area contributed by atoms with Crippen molar-refractivity contribution < 1.29 is 9.53 Å². The van der Waals surface area contributed by atoms with Crippen LogP contribution in [0, 0.1) is 6.92 Å². The zero-order valence-electron chi connectivity index (χ0n) is 15.3. The van der Waals surface area contributed by atoms with E-state index in [9.17, 15) is 4.79 Å². The summed E-state index contributed by atoms with van der Waals surface area (Å²) in [6, 6.07) is 16.2. The molecule has 25 heavy (non-hydrogen) atoms. The second kappa shape index (κ2) is 9.67. The first-order valence-electron chi connectivity index (χ1n) is 8.81. The van der Waals surface area contributed by atoms with E-state index in [-0.39, 0.29) is 12.0 Å². The van der Waals surface area contributed by atoms with E-state index in [4.69, 9.17) is 4.74 Å². The predicted molar refractivity (Wildman–Crippen MR) is 104 cm³/mol. The van der Waals surface area contributed by atoms with Crippen LogP contribution < -0.4 is 10.1 Å². The second-order valence-corrected chi connectivity index (χ2v) is 6.45. The first kappa shape index (κ1) is 18.8. The molecule has 0 saturated carbocycles. The lowest BCUT2D eigenvalue weighted by atomic mass is 10.1. The maximum Gasteiger partial charge on any atom is 0.243 e. The van der Waals surface area contributed by atoms with Crippen LogP contribution in [0.1, 0.15) is 37.0 Å². The Kier molecular flexibility index (Phi) is 7.27. The van der Waals surface area contributed by atoms with E-state index in [1.165, 1.54) is 11.1 Å². The molecular formula is C22H27NO2. The fourth-order valence-corrected chi connectivity index (χ4v) is 2.42. The molecule has 3 heteroatoms. The normalized spacial score (nSPS) is 11.0. The zero-order chi connectivity index (χ0) is 18.1. The molecule has 0 aliphatic heterocycles. The highest BCUT2D eigenvalue weighted by Gasteiger charge is 1.99. The molecule has 0 aliphatic carbocycles. The summed E-state index contributed by atoms with van der Waals surface area (Å²) in [7, 11) is 0. The average Bonchev–Trinajstić information content (AvgIpc) is 2.59. The number of carbonyl (C=O) groups is 1. The summed E-state index contributed by atoms with van der Waals surface area (Å²) in [4.78, 5) is 11.8. The Hall–Kier alpha value is -2.55. The van der Waals surface area contributed by atoms with Gasteiger partial charge in [0.1, 0.15) is 5.75 Å². The molecule has 0 heterocycles. The molecule has 2 aromatic carbocycles. The highest BCUT2D eigenvalue weighted by Crippen LogP contribution is 2.14. The minimum atomic E-state index is -0.0544. The van der Waals surface area contributed by atoms with Crippen LogP contribution in [0.4, 0.5) is 0 Å². The first-order chi connectivity index (χ1) is 12.0. The molecule has 0 aliphatic rings. The van der Waals surface area contributed by atoms with E-state index >= 15 is 0 Å². The Morgan fingerprint density at radius 1 is 1.08 bits per heavy atom. The molecule has 0 spiro atoms. The third kappa shape index (κ3) is 7.25. The first-order valence-corrected chi connectivity index (χ1v) is 8.81. The van der Waals surface area contributed by atoms with Gasteiger partial charge in [-0.1, -0.05) is 42.0 Å². The lowest BCUT2D eigenvalue weighted by Gasteiger charge is -2.10. The molecule has 3 nitrogen and oxygen atoms in total. The van der Waals surface area contributed by atoms with Crippen LogP contribution in [-0.2, 0) is 11.2 Å². The fraction of sp³-hybridized carbons (Fsp3) is 0.318. The number of carbonyl (C=O) groups excluding carboxylic acids is 1. The highest BCUT2D eigenvalue weighted by atomic mass is 16.5. The van der Waals surface area contributed by atoms with Gasteiger partial charge in [-0.3, -0.25) is 4.79 Å². The summed E-state index contributed by atoms with van der Waals surface area (Å²) in [5.41, 5.74) is 3.50. The number of amides is 1. The van der Waals surface area contributed by atoms with Gasteiger partial charge in [-0.2, -0.15) is 0 Å². The van der Waals surface area contributed by atoms with Crippen molar-refractivity contribution in [2.24, 2.45) is 0 Å². The van der Waals surface area contributed by atoms with Crippen molar-refractivity contribution in [3.8, 4) is 5.75 Å². The Balaban J connectivity index is 1.68. The summed E-state index contributed by atoms with van der Waals surface area (Å²) in [6.45, 7) is 6.75. The van der Waals surface area contributed by atoms with E-state index in [0.29, 0.717) is 6.54 Å². The number of hydrogen-bond acceptors (Lipinski definition) is 2. The van der Waals surface area contributed by atoms with Crippen LogP contribution >= 0.6 is 0 Å². The van der Waals surface area contributed by atoms with Crippen molar-refractivity contribution >= 4 is 12.0 Å². The molecule has 0 saturated heterocycles. The molecule has 0 radical (unpaired) electrons. The third-order valence-corrected chi connectivity index (χ3v) is 3.74. The highest BCUT2D eigenvalue weighted by molar-refractivity contribution is 5.91. The van der Waals surface area contributed by atoms with E-state index in [1.807, 2.05) is 63.2 Å². The number of rotatable bonds is 8. The Morgan fingerprint density at radius 3 is 2.40 bits per heavy atom. The van der Waals surface area contributed by atoms with Gasteiger partial charge in [-0.15, -0.1) is 0 Å². The summed E-state index contributed by atoms with van der Waals surface area (Å²) in [5, 5.41) is 2.92. The van der Waals surface area contributed by atoms with Crippen molar-refractivity contribution in [2.75, 3.05) is 6.54 Å². The van der Waals surface area contributed by atoms with Gasteiger partial charge in [0, 0.05) is 12.6 Å². The smallest absolute Gasteiger partial charge is 0.243 e. The van der Waals surface area contributed by atoms with Crippen LogP contribution in [0.25, 0.3) is 6.08 Å². The minimum absolute atomic E-state index is 0.0544. The van der Waals surface area contributed by atoms with Gasteiger partial charge in [-0.05, 0) is 62.9 Å². The molecular weight excluding hydrogens is 310 g/mol. The van der Waals surface area contributed by atoms with Crippen LogP contribution in [-0.4, -0.2) is 18.6 Å². The molecule has 0 aromatic heterocycles. The Morgan fingerprint density at radius 2 is 1.76 bits per heavy atom. The largest absolute Gasteiger partial charge is 0.491 e. The molecule has 0 bridgehead atoms. The number of hydrogen-bond donors (Lipinski definition) is 1. The molecule has 0 unspecified atom stereocenters. The minimum Gasteiger partial charge on any atom is -0.491 e. The summed E-state index contributed by atoms with van der Waals surface area (Å²) >= 11 is 0. The number of aryl methyl sites for hydroxylation is 2. The van der Waals surface area contributed by atoms with Gasteiger partial charge in [0.2, 0.25) is 5.91 Å². The maximum atomic E-state index is 11.8. The molecule has 1 amide bonds. The van der Waals surface area contributed by atoms with Crippen LogP contribution in [0.3, 0.4) is 0 Å². The third-order valence-electron chi connectivity index (χ3n) is 3.74. The van der Waals surface area contributed by atoms with Crippen molar-refractivity contribution in [3.63, 3.8) is 0 Å². The average molecular weight is 337 g/mol. The predicted octanol–water partition coefficient (Wildman–Crippen LogP) is 4.54. The lowest BCUT2D eigenvalue weighted by Crippen LogP contribution is -2.22. The SMILES string of the molecule is Cc1ccc(/C=C/C(=O)NCCCc2ccc(OC(C)C)cc2)cc1. The maximum absolute atomic E-state index is 11.8. The van der Waals surface area contributed by atoms with Crippen molar-refractivity contribution in [1.82, 2.24) is 5.32 Å². The van der Waals surface area contributed by atoms with E-state index in [1.54, 1.807) is 6.08 Å². The number of nitrogens with one attached hydrogen (secondary N) is 1. The molecule has 0 atom stereocenters. The summed E-state index contributed by atoms with van der Waals surface area (Å²) in [5.74, 6) is 0.842. The Labute approximate surface area is 150 Å². The van der Waals surface area contributed by atoms with E-state index < -0.39 is 0 Å². The van der Waals surface area contributed by atoms with E-state index in [2.05, 4.69) is 17.4 Å². The molecule has 1 N–H and O–H groups in total. The van der Waals surface area contributed by atoms with Gasteiger partial charge >= 0.3 is 0 Å². The Bertz CT molecular complexity index is 685. The zero-order valence-corrected chi connectivity index (χ0v) is 15.3. The number of ether oxygens (including phenoxy) is 1. The topological polar surface area (TPSA) is 38.3 Å². The molecule has 0 fully saturated rings. The standard InChI is InChI=1S/C22H27NO2/c1-17(2)25-21-13-10-19(11-14-21)5-4-16-23-22(24)15-12-20-8-6-18(3)7-9-20/h6-15,17H,4-5,16H2,1-3H3,(H,23,24)/b15-12+. The van der Waals surface area contributed by atoms with Gasteiger partial charge in [0.15, 0.2) is 0 Å². The van der Waals surface area contributed by atoms with Crippen molar-refractivity contribution in [3.05, 3.63) is 71.3 Å².